The van der Waals surface area contributed by atoms with Gasteiger partial charge in [0, 0.05) is 34.4 Å². The Hall–Kier alpha value is -5.41. The third kappa shape index (κ3) is 4.69. The van der Waals surface area contributed by atoms with E-state index in [9.17, 15) is 0 Å². The number of ether oxygens (including phenoxy) is 1. The minimum absolute atomic E-state index is 0.0835. The molecule has 6 rings (SSSR count). The van der Waals surface area contributed by atoms with E-state index in [2.05, 4.69) is 36.5 Å². The maximum atomic E-state index is 9.13. The lowest BCUT2D eigenvalue weighted by Gasteiger charge is -2.12. The number of nitrogens with one attached hydrogen (secondary N) is 2. The van der Waals surface area contributed by atoms with E-state index in [0.29, 0.717) is 28.7 Å². The summed E-state index contributed by atoms with van der Waals surface area (Å²) in [5.74, 6) is 1.72. The van der Waals surface area contributed by atoms with Crippen molar-refractivity contribution in [2.45, 2.75) is 0 Å². The van der Waals surface area contributed by atoms with E-state index in [-0.39, 0.29) is 5.95 Å². The van der Waals surface area contributed by atoms with Gasteiger partial charge in [-0.05, 0) is 42.5 Å². The van der Waals surface area contributed by atoms with Crippen LogP contribution in [0.3, 0.4) is 0 Å². The zero-order valence-corrected chi connectivity index (χ0v) is 20.0. The van der Waals surface area contributed by atoms with E-state index in [0.717, 1.165) is 27.7 Å². The number of rotatable bonds is 7. The molecule has 0 saturated carbocycles. The van der Waals surface area contributed by atoms with E-state index in [4.69, 9.17) is 9.94 Å². The van der Waals surface area contributed by atoms with Gasteiger partial charge in [0.2, 0.25) is 11.8 Å². The van der Waals surface area contributed by atoms with Crippen LogP contribution in [0.1, 0.15) is 0 Å². The zero-order chi connectivity index (χ0) is 25.7. The van der Waals surface area contributed by atoms with Crippen molar-refractivity contribution in [2.24, 2.45) is 0 Å². The van der Waals surface area contributed by atoms with E-state index in [1.54, 1.807) is 18.3 Å². The number of hydrogen-bond acceptors (Lipinski definition) is 9. The van der Waals surface area contributed by atoms with Crippen molar-refractivity contribution in [2.75, 3.05) is 10.8 Å². The highest BCUT2D eigenvalue weighted by molar-refractivity contribution is 6.00. The predicted molar refractivity (Wildman–Crippen MR) is 145 cm³/mol. The SMILES string of the molecule is ONc1nccc(-c2cccnc2Oc2ccc(Nc3nnc(-c4ccccc4)c4ccccc34)cc2)n1. The van der Waals surface area contributed by atoms with Crippen molar-refractivity contribution < 1.29 is 9.94 Å². The largest absolute Gasteiger partial charge is 0.438 e. The van der Waals surface area contributed by atoms with E-state index >= 15 is 0 Å². The fourth-order valence-electron chi connectivity index (χ4n) is 4.09. The van der Waals surface area contributed by atoms with Crippen LogP contribution in [-0.2, 0) is 0 Å². The summed E-state index contributed by atoms with van der Waals surface area (Å²) >= 11 is 0. The number of nitrogens with zero attached hydrogens (tertiary/aromatic N) is 5. The summed E-state index contributed by atoms with van der Waals surface area (Å²) in [6, 6.07) is 30.9. The first-order valence-corrected chi connectivity index (χ1v) is 11.8. The molecule has 0 amide bonds. The molecule has 0 aliphatic carbocycles. The minimum atomic E-state index is 0.0835. The van der Waals surface area contributed by atoms with Crippen molar-refractivity contribution in [1.29, 1.82) is 0 Å². The van der Waals surface area contributed by atoms with Gasteiger partial charge < -0.3 is 10.1 Å². The number of hydrogen-bond donors (Lipinski definition) is 3. The van der Waals surface area contributed by atoms with Gasteiger partial charge in [-0.15, -0.1) is 10.2 Å². The molecular formula is C29H21N7O2. The summed E-state index contributed by atoms with van der Waals surface area (Å²) in [4.78, 5) is 12.6. The molecular weight excluding hydrogens is 478 g/mol. The summed E-state index contributed by atoms with van der Waals surface area (Å²) in [5.41, 5.74) is 5.86. The molecule has 3 aromatic carbocycles. The number of anilines is 3. The lowest BCUT2D eigenvalue weighted by atomic mass is 10.0. The molecule has 3 heterocycles. The Kier molecular flexibility index (Phi) is 6.23. The molecule has 184 valence electrons. The molecule has 6 aromatic rings. The molecule has 0 bridgehead atoms. The van der Waals surface area contributed by atoms with Gasteiger partial charge in [0.1, 0.15) is 11.4 Å². The zero-order valence-electron chi connectivity index (χ0n) is 20.0. The molecule has 0 aliphatic heterocycles. The Bertz CT molecular complexity index is 1710. The first-order chi connectivity index (χ1) is 18.8. The smallest absolute Gasteiger partial charge is 0.247 e. The van der Waals surface area contributed by atoms with Crippen molar-refractivity contribution in [1.82, 2.24) is 25.1 Å². The second-order valence-corrected chi connectivity index (χ2v) is 8.29. The third-order valence-electron chi connectivity index (χ3n) is 5.87. The fraction of sp³-hybridized carbons (Fsp3) is 0. The molecule has 0 spiro atoms. The molecule has 9 nitrogen and oxygen atoms in total. The Labute approximate surface area is 217 Å². The van der Waals surface area contributed by atoms with Crippen LogP contribution in [-0.4, -0.2) is 30.4 Å². The maximum Gasteiger partial charge on any atom is 0.247 e. The van der Waals surface area contributed by atoms with Crippen LogP contribution in [0.15, 0.2) is 109 Å². The molecule has 0 unspecified atom stereocenters. The van der Waals surface area contributed by atoms with Crippen LogP contribution in [0.4, 0.5) is 17.5 Å². The monoisotopic (exact) mass is 499 g/mol. The number of aromatic nitrogens is 5. The highest BCUT2D eigenvalue weighted by Crippen LogP contribution is 2.33. The van der Waals surface area contributed by atoms with Crippen LogP contribution >= 0.6 is 0 Å². The Morgan fingerprint density at radius 1 is 0.684 bits per heavy atom. The van der Waals surface area contributed by atoms with Crippen molar-refractivity contribution in [3.05, 3.63) is 109 Å². The van der Waals surface area contributed by atoms with Gasteiger partial charge in [-0.3, -0.25) is 5.21 Å². The van der Waals surface area contributed by atoms with Gasteiger partial charge in [0.15, 0.2) is 5.82 Å². The molecule has 3 N–H and O–H groups in total. The van der Waals surface area contributed by atoms with Gasteiger partial charge in [0.05, 0.1) is 11.3 Å². The number of benzene rings is 3. The molecule has 3 aromatic heterocycles. The topological polar surface area (TPSA) is 118 Å². The average molecular weight is 500 g/mol. The van der Waals surface area contributed by atoms with Gasteiger partial charge in [-0.2, -0.15) is 0 Å². The molecule has 0 aliphatic rings. The minimum Gasteiger partial charge on any atom is -0.438 e. The molecule has 0 saturated heterocycles. The summed E-state index contributed by atoms with van der Waals surface area (Å²) in [5, 5.41) is 23.5. The highest BCUT2D eigenvalue weighted by atomic mass is 16.5. The Balaban J connectivity index is 1.25. The van der Waals surface area contributed by atoms with Gasteiger partial charge in [-0.25, -0.2) is 20.4 Å². The van der Waals surface area contributed by atoms with Crippen molar-refractivity contribution >= 4 is 28.2 Å². The molecule has 9 heteroatoms. The lowest BCUT2D eigenvalue weighted by molar-refractivity contribution is 0.382. The predicted octanol–water partition coefficient (Wildman–Crippen LogP) is 6.49. The molecule has 0 fully saturated rings. The molecule has 0 radical (unpaired) electrons. The number of fused-ring (bicyclic) bond motifs is 1. The van der Waals surface area contributed by atoms with E-state index in [1.165, 1.54) is 6.20 Å². The molecule has 38 heavy (non-hydrogen) atoms. The highest BCUT2D eigenvalue weighted by Gasteiger charge is 2.13. The fourth-order valence-corrected chi connectivity index (χ4v) is 4.09. The summed E-state index contributed by atoms with van der Waals surface area (Å²) in [6.45, 7) is 0. The second-order valence-electron chi connectivity index (χ2n) is 8.29. The first-order valence-electron chi connectivity index (χ1n) is 11.8. The first kappa shape index (κ1) is 23.0. The van der Waals surface area contributed by atoms with Crippen molar-refractivity contribution in [3.63, 3.8) is 0 Å². The third-order valence-corrected chi connectivity index (χ3v) is 5.87. The summed E-state index contributed by atoms with van der Waals surface area (Å²) < 4.78 is 6.07. The van der Waals surface area contributed by atoms with E-state index in [1.807, 2.05) is 84.3 Å². The normalized spacial score (nSPS) is 10.8. The average Bonchev–Trinajstić information content (AvgIpc) is 2.99. The van der Waals surface area contributed by atoms with Gasteiger partial charge in [0.25, 0.3) is 0 Å². The van der Waals surface area contributed by atoms with Crippen LogP contribution in [0, 0.1) is 0 Å². The Morgan fingerprint density at radius 2 is 1.47 bits per heavy atom. The standard InChI is InChI=1S/C29H21N7O2/c37-36-29-31-18-16-25(33-29)24-11-6-17-30-28(24)38-21-14-12-20(13-15-21)32-27-23-10-5-4-9-22(23)26(34-35-27)19-7-2-1-3-8-19/h1-18,37H,(H,32,35)(H,31,33,36). The van der Waals surface area contributed by atoms with Gasteiger partial charge >= 0.3 is 0 Å². The van der Waals surface area contributed by atoms with Crippen LogP contribution in [0.2, 0.25) is 0 Å². The molecule has 0 atom stereocenters. The van der Waals surface area contributed by atoms with E-state index < -0.39 is 0 Å². The lowest BCUT2D eigenvalue weighted by Crippen LogP contribution is -2.00. The summed E-state index contributed by atoms with van der Waals surface area (Å²) in [7, 11) is 0. The summed E-state index contributed by atoms with van der Waals surface area (Å²) in [6.07, 6.45) is 3.18. The Morgan fingerprint density at radius 3 is 2.29 bits per heavy atom. The maximum absolute atomic E-state index is 9.13. The van der Waals surface area contributed by atoms with Crippen LogP contribution in [0.25, 0.3) is 33.3 Å². The van der Waals surface area contributed by atoms with Gasteiger partial charge in [-0.1, -0.05) is 54.6 Å². The van der Waals surface area contributed by atoms with Crippen LogP contribution < -0.4 is 15.5 Å². The quantitative estimate of drug-likeness (QED) is 0.212. The van der Waals surface area contributed by atoms with Crippen molar-refractivity contribution in [3.8, 4) is 34.1 Å². The number of pyridine rings is 1. The van der Waals surface area contributed by atoms with Crippen LogP contribution in [0.5, 0.6) is 11.6 Å². The second kappa shape index (κ2) is 10.3.